The summed E-state index contributed by atoms with van der Waals surface area (Å²) in [6.07, 6.45) is 1.85. The van der Waals surface area contributed by atoms with Gasteiger partial charge in [-0.1, -0.05) is 25.1 Å². The molecule has 0 aliphatic carbocycles. The lowest BCUT2D eigenvalue weighted by molar-refractivity contribution is 0.836. The maximum absolute atomic E-state index is 5.95. The van der Waals surface area contributed by atoms with Crippen LogP contribution in [-0.4, -0.2) is 9.97 Å². The van der Waals surface area contributed by atoms with Gasteiger partial charge in [0.1, 0.15) is 17.5 Å². The van der Waals surface area contributed by atoms with E-state index in [0.717, 1.165) is 35.7 Å². The first kappa shape index (κ1) is 13.3. The second-order valence-corrected chi connectivity index (χ2v) is 4.69. The molecule has 0 unspecified atom stereocenters. The van der Waals surface area contributed by atoms with E-state index < -0.39 is 0 Å². The number of aromatic nitrogens is 2. The van der Waals surface area contributed by atoms with Crippen molar-refractivity contribution in [1.82, 2.24) is 9.97 Å². The number of anilines is 3. The summed E-state index contributed by atoms with van der Waals surface area (Å²) in [5, 5.41) is 3.35. The van der Waals surface area contributed by atoms with Crippen LogP contribution in [0.4, 0.5) is 17.3 Å². The van der Waals surface area contributed by atoms with Crippen molar-refractivity contribution in [3.8, 4) is 0 Å². The normalized spacial score (nSPS) is 10.5. The summed E-state index contributed by atoms with van der Waals surface area (Å²) < 4.78 is 0. The number of nitrogens with two attached hydrogens (primary N) is 1. The van der Waals surface area contributed by atoms with Crippen molar-refractivity contribution in [2.45, 2.75) is 33.6 Å². The fourth-order valence-electron chi connectivity index (χ4n) is 1.88. The molecule has 2 rings (SSSR count). The quantitative estimate of drug-likeness (QED) is 0.880. The fourth-order valence-corrected chi connectivity index (χ4v) is 1.88. The van der Waals surface area contributed by atoms with Crippen LogP contribution in [0.5, 0.6) is 0 Å². The first-order chi connectivity index (χ1) is 9.11. The van der Waals surface area contributed by atoms with E-state index >= 15 is 0 Å². The van der Waals surface area contributed by atoms with Crippen molar-refractivity contribution in [2.24, 2.45) is 0 Å². The molecule has 0 bridgehead atoms. The Morgan fingerprint density at radius 3 is 2.58 bits per heavy atom. The number of nitrogens with zero attached hydrogens (tertiary/aromatic N) is 2. The van der Waals surface area contributed by atoms with Crippen LogP contribution in [-0.2, 0) is 6.42 Å². The van der Waals surface area contributed by atoms with E-state index in [4.69, 9.17) is 5.73 Å². The van der Waals surface area contributed by atoms with Gasteiger partial charge in [0.05, 0.1) is 0 Å². The van der Waals surface area contributed by atoms with Crippen molar-refractivity contribution < 1.29 is 0 Å². The van der Waals surface area contributed by atoms with Crippen molar-refractivity contribution in [3.63, 3.8) is 0 Å². The van der Waals surface area contributed by atoms with Crippen LogP contribution in [0.2, 0.25) is 0 Å². The number of para-hydroxylation sites is 1. The van der Waals surface area contributed by atoms with Crippen molar-refractivity contribution >= 4 is 17.3 Å². The maximum atomic E-state index is 5.95. The summed E-state index contributed by atoms with van der Waals surface area (Å²) in [7, 11) is 0. The number of nitrogen functional groups attached to an aromatic ring is 1. The fraction of sp³-hybridized carbons (Fsp3) is 0.333. The zero-order chi connectivity index (χ0) is 13.8. The summed E-state index contributed by atoms with van der Waals surface area (Å²) in [5.41, 5.74) is 9.07. The molecule has 1 heterocycles. The Kier molecular flexibility index (Phi) is 4.00. The average molecular weight is 256 g/mol. The predicted molar refractivity (Wildman–Crippen MR) is 79.6 cm³/mol. The number of hydrogen-bond acceptors (Lipinski definition) is 4. The van der Waals surface area contributed by atoms with Gasteiger partial charge in [-0.3, -0.25) is 0 Å². The highest BCUT2D eigenvalue weighted by Gasteiger charge is 2.09. The highest BCUT2D eigenvalue weighted by atomic mass is 15.1. The zero-order valence-corrected chi connectivity index (χ0v) is 11.7. The van der Waals surface area contributed by atoms with E-state index in [2.05, 4.69) is 35.2 Å². The lowest BCUT2D eigenvalue weighted by Crippen LogP contribution is -2.07. The van der Waals surface area contributed by atoms with Gasteiger partial charge in [0.15, 0.2) is 0 Å². The first-order valence-electron chi connectivity index (χ1n) is 6.57. The minimum Gasteiger partial charge on any atom is -0.383 e. The molecule has 4 heteroatoms. The number of rotatable bonds is 4. The average Bonchev–Trinajstić information content (AvgIpc) is 2.38. The van der Waals surface area contributed by atoms with E-state index in [1.165, 1.54) is 5.56 Å². The Bertz CT molecular complexity index is 578. The Morgan fingerprint density at radius 2 is 1.89 bits per heavy atom. The molecule has 3 N–H and O–H groups in total. The van der Waals surface area contributed by atoms with Gasteiger partial charge in [0.25, 0.3) is 0 Å². The highest BCUT2D eigenvalue weighted by molar-refractivity contribution is 5.65. The maximum Gasteiger partial charge on any atom is 0.139 e. The molecular weight excluding hydrogens is 236 g/mol. The number of aryl methyl sites for hydroxylation is 2. The van der Waals surface area contributed by atoms with Gasteiger partial charge in [-0.2, -0.15) is 0 Å². The second kappa shape index (κ2) is 5.69. The van der Waals surface area contributed by atoms with Crippen LogP contribution in [0.25, 0.3) is 0 Å². The van der Waals surface area contributed by atoms with Crippen molar-refractivity contribution in [1.29, 1.82) is 0 Å². The summed E-state index contributed by atoms with van der Waals surface area (Å²) >= 11 is 0. The van der Waals surface area contributed by atoms with Gasteiger partial charge >= 0.3 is 0 Å². The van der Waals surface area contributed by atoms with E-state index in [-0.39, 0.29) is 0 Å². The molecule has 0 saturated heterocycles. The summed E-state index contributed by atoms with van der Waals surface area (Å²) in [6.45, 7) is 6.11. The molecule has 19 heavy (non-hydrogen) atoms. The molecular formula is C15H20N4. The van der Waals surface area contributed by atoms with E-state index in [1.54, 1.807) is 0 Å². The summed E-state index contributed by atoms with van der Waals surface area (Å²) in [6, 6.07) is 8.12. The highest BCUT2D eigenvalue weighted by Crippen LogP contribution is 2.24. The number of hydrogen-bond donors (Lipinski definition) is 2. The molecule has 0 radical (unpaired) electrons. The molecule has 1 aromatic heterocycles. The standard InChI is InChI=1S/C15H20N4/c1-4-7-13-18-14(16)11(3)15(19-13)17-12-9-6-5-8-10(12)2/h5-6,8-9H,4,7H2,1-3H3,(H3,16,17,18,19). The molecule has 1 aromatic carbocycles. The third-order valence-electron chi connectivity index (χ3n) is 3.10. The smallest absolute Gasteiger partial charge is 0.139 e. The number of benzene rings is 1. The van der Waals surface area contributed by atoms with Crippen LogP contribution in [0, 0.1) is 13.8 Å². The van der Waals surface area contributed by atoms with Gasteiger partial charge in [-0.25, -0.2) is 9.97 Å². The topological polar surface area (TPSA) is 63.8 Å². The number of nitrogens with one attached hydrogen (secondary N) is 1. The Labute approximate surface area is 114 Å². The molecule has 4 nitrogen and oxygen atoms in total. The SMILES string of the molecule is CCCc1nc(N)c(C)c(Nc2ccccc2C)n1. The van der Waals surface area contributed by atoms with Crippen LogP contribution < -0.4 is 11.1 Å². The minimum absolute atomic E-state index is 0.550. The summed E-state index contributed by atoms with van der Waals surface area (Å²) in [5.74, 6) is 2.14. The molecule has 100 valence electrons. The molecule has 0 aliphatic rings. The Morgan fingerprint density at radius 1 is 1.16 bits per heavy atom. The molecule has 0 saturated carbocycles. The van der Waals surface area contributed by atoms with Gasteiger partial charge in [0, 0.05) is 17.7 Å². The zero-order valence-electron chi connectivity index (χ0n) is 11.7. The lowest BCUT2D eigenvalue weighted by atomic mass is 10.2. The lowest BCUT2D eigenvalue weighted by Gasteiger charge is -2.13. The van der Waals surface area contributed by atoms with E-state index in [1.807, 2.05) is 25.1 Å². The molecule has 0 fully saturated rings. The van der Waals surface area contributed by atoms with Crippen LogP contribution >= 0.6 is 0 Å². The minimum atomic E-state index is 0.550. The molecule has 0 aliphatic heterocycles. The van der Waals surface area contributed by atoms with E-state index in [9.17, 15) is 0 Å². The monoisotopic (exact) mass is 256 g/mol. The Hall–Kier alpha value is -2.10. The van der Waals surface area contributed by atoms with Crippen LogP contribution in [0.15, 0.2) is 24.3 Å². The predicted octanol–water partition coefficient (Wildman–Crippen LogP) is 3.37. The van der Waals surface area contributed by atoms with Crippen molar-refractivity contribution in [2.75, 3.05) is 11.1 Å². The molecule has 2 aromatic rings. The molecule has 0 amide bonds. The first-order valence-corrected chi connectivity index (χ1v) is 6.57. The summed E-state index contributed by atoms with van der Waals surface area (Å²) in [4.78, 5) is 8.87. The van der Waals surface area contributed by atoms with Gasteiger partial charge < -0.3 is 11.1 Å². The van der Waals surface area contributed by atoms with Gasteiger partial charge in [-0.15, -0.1) is 0 Å². The van der Waals surface area contributed by atoms with E-state index in [0.29, 0.717) is 5.82 Å². The Balaban J connectivity index is 2.36. The van der Waals surface area contributed by atoms with Gasteiger partial charge in [-0.05, 0) is 31.9 Å². The molecule has 0 atom stereocenters. The van der Waals surface area contributed by atoms with Crippen LogP contribution in [0.3, 0.4) is 0 Å². The van der Waals surface area contributed by atoms with Crippen molar-refractivity contribution in [3.05, 3.63) is 41.2 Å². The molecule has 0 spiro atoms. The largest absolute Gasteiger partial charge is 0.383 e. The second-order valence-electron chi connectivity index (χ2n) is 4.69. The van der Waals surface area contributed by atoms with Crippen LogP contribution in [0.1, 0.15) is 30.3 Å². The third kappa shape index (κ3) is 3.02. The third-order valence-corrected chi connectivity index (χ3v) is 3.10. The van der Waals surface area contributed by atoms with Gasteiger partial charge in [0.2, 0.25) is 0 Å².